The summed E-state index contributed by atoms with van der Waals surface area (Å²) in [4.78, 5) is 0. The summed E-state index contributed by atoms with van der Waals surface area (Å²) in [5.74, 6) is 2.00. The van der Waals surface area contributed by atoms with E-state index in [0.717, 1.165) is 66.8 Å². The minimum absolute atomic E-state index is 0.114. The Morgan fingerprint density at radius 3 is 0.844 bits per heavy atom. The average Bonchev–Trinajstić information content (AvgIpc) is 3.23. The zero-order valence-electron chi connectivity index (χ0n) is 40.3. The van der Waals surface area contributed by atoms with Crippen LogP contribution in [0.2, 0.25) is 15.1 Å². The molecule has 0 heterocycles. The van der Waals surface area contributed by atoms with E-state index in [1.165, 1.54) is 0 Å². The highest BCUT2D eigenvalue weighted by atomic mass is 31.2. The summed E-state index contributed by atoms with van der Waals surface area (Å²) >= 11 is 0. The number of benzene rings is 6. The highest BCUT2D eigenvalue weighted by molar-refractivity contribution is 7.43. The van der Waals surface area contributed by atoms with Gasteiger partial charge in [0.25, 0.3) is 0 Å². The second kappa shape index (κ2) is 21.8. The fourth-order valence-electron chi connectivity index (χ4n) is 7.62. The van der Waals surface area contributed by atoms with Crippen molar-refractivity contribution in [1.82, 2.24) is 0 Å². The zero-order chi connectivity index (χ0) is 46.1. The van der Waals surface area contributed by atoms with Crippen LogP contribution in [-0.2, 0) is 33.1 Å². The Morgan fingerprint density at radius 1 is 0.359 bits per heavy atom. The van der Waals surface area contributed by atoms with Crippen LogP contribution in [0.3, 0.4) is 0 Å². The van der Waals surface area contributed by atoms with Gasteiger partial charge in [0.2, 0.25) is 0 Å². The van der Waals surface area contributed by atoms with Gasteiger partial charge in [-0.25, -0.2) is 0 Å². The highest BCUT2D eigenvalue weighted by Gasteiger charge is 2.29. The van der Waals surface area contributed by atoms with Crippen molar-refractivity contribution in [2.45, 2.75) is 118 Å². The first-order valence-electron chi connectivity index (χ1n) is 22.5. The Morgan fingerprint density at radius 2 is 0.609 bits per heavy atom. The molecule has 0 aliphatic rings. The molecule has 0 saturated heterocycles. The normalized spacial score (nSPS) is 13.1. The van der Waals surface area contributed by atoms with Crippen LogP contribution in [0, 0.1) is 20.8 Å². The van der Waals surface area contributed by atoms with E-state index >= 15 is 0 Å². The van der Waals surface area contributed by atoms with Crippen LogP contribution in [0.15, 0.2) is 127 Å². The molecular weight excluding hydrogens is 860 g/mol. The third-order valence-corrected chi connectivity index (χ3v) is 15.3. The summed E-state index contributed by atoms with van der Waals surface area (Å²) in [5.41, 5.74) is 13.0. The van der Waals surface area contributed by atoms with Crippen molar-refractivity contribution in [3.63, 3.8) is 0 Å². The maximum absolute atomic E-state index is 7.22. The van der Waals surface area contributed by atoms with Crippen LogP contribution in [0.4, 0.5) is 0 Å². The predicted molar refractivity (Wildman–Crippen MR) is 278 cm³/mol. The number of rotatable bonds is 18. The van der Waals surface area contributed by atoms with Gasteiger partial charge in [-0.3, -0.25) is 0 Å². The van der Waals surface area contributed by atoms with Gasteiger partial charge in [-0.1, -0.05) is 172 Å². The van der Waals surface area contributed by atoms with E-state index in [4.69, 9.17) is 26.8 Å². The number of hydrogen-bond acceptors (Lipinski definition) is 6. The molecule has 6 rings (SSSR count). The largest absolute Gasteiger partial charge is 0.530 e. The van der Waals surface area contributed by atoms with Gasteiger partial charge in [-0.15, -0.1) is 0 Å². The lowest BCUT2D eigenvalue weighted by atomic mass is 9.95. The fraction of sp³-hybridized carbons (Fsp3) is 0.333. The maximum atomic E-state index is 7.22. The molecule has 0 aromatic heterocycles. The second-order valence-corrected chi connectivity index (χ2v) is 29.9. The summed E-state index contributed by atoms with van der Waals surface area (Å²) in [5, 5.41) is 0.342. The molecule has 0 radical (unpaired) electrons. The molecule has 10 heteroatoms. The van der Waals surface area contributed by atoms with Crippen LogP contribution in [0.1, 0.15) is 95.7 Å². The lowest BCUT2D eigenvalue weighted by molar-refractivity contribution is 0.296. The van der Waals surface area contributed by atoms with Crippen molar-refractivity contribution in [2.75, 3.05) is 0 Å². The van der Waals surface area contributed by atoms with Gasteiger partial charge < -0.3 is 26.8 Å². The van der Waals surface area contributed by atoms with Crippen LogP contribution < -0.4 is 13.6 Å². The van der Waals surface area contributed by atoms with Crippen LogP contribution in [0.25, 0.3) is 33.4 Å². The number of hydrogen-bond donors (Lipinski definition) is 0. The lowest BCUT2D eigenvalue weighted by Gasteiger charge is -2.26. The van der Waals surface area contributed by atoms with E-state index < -0.39 is 37.9 Å². The first-order valence-corrected chi connectivity index (χ1v) is 27.4. The summed E-state index contributed by atoms with van der Waals surface area (Å²) in [6.07, 6.45) is 0. The smallest absolute Gasteiger partial charge is 0.419 e. The average molecular weight is 929 g/mol. The lowest BCUT2D eigenvalue weighted by Crippen LogP contribution is -2.15. The molecule has 0 N–H and O–H groups in total. The van der Waals surface area contributed by atoms with Gasteiger partial charge >= 0.3 is 8.60 Å². The maximum Gasteiger partial charge on any atom is 0.530 e. The third-order valence-electron chi connectivity index (χ3n) is 10.5. The first kappa shape index (κ1) is 49.1. The van der Waals surface area contributed by atoms with Crippen molar-refractivity contribution in [1.29, 1.82) is 0 Å². The quantitative estimate of drug-likeness (QED) is 0.0632. The standard InChI is InChI=1S/C54H69O6PSi3/c1-37-28-31-46(43(34-55-62-52(4,5)6)49(37)40-22-16-13-17-23-40)58-61(59-47-32-29-38(2)50(41-24-18-14-19-25-41)44(47)35-56-63-53(7,8)9)60-48-33-30-39(3)51(42-26-20-15-21-27-42)45(48)36-57-64-54(10,11)12/h13-33H,34-36,62-64H2,1-12H3. The van der Waals surface area contributed by atoms with Gasteiger partial charge in [0, 0.05) is 16.7 Å². The molecular formula is C54H69O6PSi3. The predicted octanol–water partition coefficient (Wildman–Crippen LogP) is 13.8. The molecule has 0 spiro atoms. The van der Waals surface area contributed by atoms with Gasteiger partial charge in [0.05, 0.1) is 19.8 Å². The van der Waals surface area contributed by atoms with Gasteiger partial charge in [-0.05, 0) is 104 Å². The summed E-state index contributed by atoms with van der Waals surface area (Å²) in [6, 6.07) is 44.1. The van der Waals surface area contributed by atoms with E-state index in [9.17, 15) is 0 Å². The Balaban J connectivity index is 1.53. The molecule has 0 fully saturated rings. The Kier molecular flexibility index (Phi) is 16.7. The van der Waals surface area contributed by atoms with Gasteiger partial charge in [-0.2, -0.15) is 0 Å². The van der Waals surface area contributed by atoms with Crippen LogP contribution >= 0.6 is 8.60 Å². The van der Waals surface area contributed by atoms with E-state index in [1.54, 1.807) is 0 Å². The molecule has 0 atom stereocenters. The molecule has 6 aromatic rings. The minimum Gasteiger partial charge on any atom is -0.419 e. The molecule has 0 unspecified atom stereocenters. The molecule has 0 aliphatic heterocycles. The van der Waals surface area contributed by atoms with E-state index in [0.29, 0.717) is 37.1 Å². The monoisotopic (exact) mass is 928 g/mol. The van der Waals surface area contributed by atoms with E-state index in [2.05, 4.69) is 192 Å². The van der Waals surface area contributed by atoms with Crippen molar-refractivity contribution >= 4 is 37.9 Å². The van der Waals surface area contributed by atoms with Crippen molar-refractivity contribution in [3.05, 3.63) is 161 Å². The molecule has 0 saturated carbocycles. The Labute approximate surface area is 392 Å². The molecule has 6 aromatic carbocycles. The summed E-state index contributed by atoms with van der Waals surface area (Å²) in [7, 11) is -4.83. The topological polar surface area (TPSA) is 55.4 Å². The van der Waals surface area contributed by atoms with Crippen molar-refractivity contribution in [3.8, 4) is 50.6 Å². The van der Waals surface area contributed by atoms with Crippen LogP contribution in [-0.4, -0.2) is 29.3 Å². The van der Waals surface area contributed by atoms with Crippen molar-refractivity contribution in [2.24, 2.45) is 0 Å². The fourth-order valence-corrected chi connectivity index (χ4v) is 11.5. The van der Waals surface area contributed by atoms with Crippen molar-refractivity contribution < 1.29 is 26.8 Å². The van der Waals surface area contributed by atoms with Crippen LogP contribution in [0.5, 0.6) is 17.2 Å². The zero-order valence-corrected chi connectivity index (χ0v) is 45.4. The van der Waals surface area contributed by atoms with Gasteiger partial charge in [0.1, 0.15) is 17.2 Å². The van der Waals surface area contributed by atoms with Gasteiger partial charge in [0.15, 0.2) is 29.3 Å². The highest BCUT2D eigenvalue weighted by Crippen LogP contribution is 2.50. The molecule has 0 aliphatic carbocycles. The van der Waals surface area contributed by atoms with E-state index in [-0.39, 0.29) is 15.1 Å². The third kappa shape index (κ3) is 13.8. The SMILES string of the molecule is Cc1ccc(OP(Oc2ccc(C)c(-c3ccccc3)c2CO[SiH2]C(C)(C)C)Oc2ccc(C)c(-c3ccccc3)c2CO[SiH2]C(C)(C)C)c(CO[SiH2]C(C)(C)C)c1-c1ccccc1. The first-order chi connectivity index (χ1) is 30.4. The molecule has 338 valence electrons. The summed E-state index contributed by atoms with van der Waals surface area (Å²) < 4.78 is 41.6. The molecule has 6 nitrogen and oxygen atoms in total. The Hall–Kier alpha value is -4.32. The minimum atomic E-state index is -2.16. The number of aryl methyl sites for hydroxylation is 3. The second-order valence-electron chi connectivity index (χ2n) is 20.5. The Bertz CT molecular complexity index is 2170. The molecule has 64 heavy (non-hydrogen) atoms. The molecule has 0 bridgehead atoms. The molecule has 0 amide bonds. The summed E-state index contributed by atoms with van der Waals surface area (Å²) in [6.45, 7) is 27.9. The van der Waals surface area contributed by atoms with E-state index in [1.807, 2.05) is 18.2 Å².